The van der Waals surface area contributed by atoms with Gasteiger partial charge in [-0.05, 0) is 16.8 Å². The van der Waals surface area contributed by atoms with E-state index in [0.29, 0.717) is 12.1 Å². The molecule has 1 heterocycles. The van der Waals surface area contributed by atoms with Gasteiger partial charge in [-0.1, -0.05) is 48.2 Å². The summed E-state index contributed by atoms with van der Waals surface area (Å²) in [4.78, 5) is 14.6. The fourth-order valence-electron chi connectivity index (χ4n) is 2.63. The quantitative estimate of drug-likeness (QED) is 0.881. The second-order valence-electron chi connectivity index (χ2n) is 5.45. The topological polar surface area (TPSA) is 41.6 Å². The molecule has 1 saturated heterocycles. The van der Waals surface area contributed by atoms with Gasteiger partial charge in [-0.25, -0.2) is 0 Å². The Balaban J connectivity index is 1.55. The molecule has 0 atom stereocenters. The van der Waals surface area contributed by atoms with Gasteiger partial charge < -0.3 is 10.1 Å². The van der Waals surface area contributed by atoms with Crippen molar-refractivity contribution in [2.75, 3.05) is 39.4 Å². The molecule has 23 heavy (non-hydrogen) atoms. The molecule has 4 nitrogen and oxygen atoms in total. The van der Waals surface area contributed by atoms with Gasteiger partial charge in [-0.3, -0.25) is 9.69 Å². The predicted octanol–water partition coefficient (Wildman–Crippen LogP) is 1.91. The summed E-state index contributed by atoms with van der Waals surface area (Å²) >= 11 is 0. The van der Waals surface area contributed by atoms with Crippen LogP contribution in [0.25, 0.3) is 10.8 Å². The minimum absolute atomic E-state index is 0.0810. The second-order valence-corrected chi connectivity index (χ2v) is 5.45. The summed E-state index contributed by atoms with van der Waals surface area (Å²) in [6, 6.07) is 13.7. The lowest BCUT2D eigenvalue weighted by Gasteiger charge is -2.24. The van der Waals surface area contributed by atoms with Gasteiger partial charge in [0.1, 0.15) is 0 Å². The van der Waals surface area contributed by atoms with Gasteiger partial charge in [-0.2, -0.15) is 0 Å². The average molecular weight is 308 g/mol. The molecule has 1 aliphatic rings. The van der Waals surface area contributed by atoms with Crippen molar-refractivity contribution in [3.8, 4) is 11.8 Å². The first-order chi connectivity index (χ1) is 11.3. The van der Waals surface area contributed by atoms with Crippen molar-refractivity contribution in [1.29, 1.82) is 0 Å². The number of carbonyl (C=O) groups is 1. The third-order valence-electron chi connectivity index (χ3n) is 3.90. The minimum atomic E-state index is -0.0810. The van der Waals surface area contributed by atoms with Crippen LogP contribution in [0.1, 0.15) is 10.4 Å². The van der Waals surface area contributed by atoms with Crippen LogP contribution in [0.2, 0.25) is 0 Å². The third-order valence-corrected chi connectivity index (χ3v) is 3.90. The highest BCUT2D eigenvalue weighted by molar-refractivity contribution is 6.07. The van der Waals surface area contributed by atoms with Crippen LogP contribution in [0.5, 0.6) is 0 Å². The molecule has 1 N–H and O–H groups in total. The number of benzene rings is 2. The Morgan fingerprint density at radius 3 is 2.74 bits per heavy atom. The summed E-state index contributed by atoms with van der Waals surface area (Å²) < 4.78 is 5.30. The van der Waals surface area contributed by atoms with E-state index in [1.807, 2.05) is 42.5 Å². The SMILES string of the molecule is O=C(NCC#CCN1CCOCC1)c1cccc2ccccc12. The fourth-order valence-corrected chi connectivity index (χ4v) is 2.63. The average Bonchev–Trinajstić information content (AvgIpc) is 2.61. The zero-order valence-corrected chi connectivity index (χ0v) is 13.0. The van der Waals surface area contributed by atoms with Crippen LogP contribution in [0.3, 0.4) is 0 Å². The maximum atomic E-state index is 12.3. The number of carbonyl (C=O) groups excluding carboxylic acids is 1. The molecule has 1 fully saturated rings. The Bertz CT molecular complexity index is 734. The Morgan fingerprint density at radius 1 is 1.09 bits per heavy atom. The van der Waals surface area contributed by atoms with Crippen LogP contribution < -0.4 is 5.32 Å². The van der Waals surface area contributed by atoms with Gasteiger partial charge in [0.25, 0.3) is 5.91 Å². The van der Waals surface area contributed by atoms with Gasteiger partial charge in [0.05, 0.1) is 26.3 Å². The molecule has 1 aliphatic heterocycles. The highest BCUT2D eigenvalue weighted by Crippen LogP contribution is 2.18. The highest BCUT2D eigenvalue weighted by Gasteiger charge is 2.09. The first kappa shape index (κ1) is 15.5. The number of rotatable bonds is 3. The van der Waals surface area contributed by atoms with E-state index >= 15 is 0 Å². The van der Waals surface area contributed by atoms with E-state index in [1.54, 1.807) is 0 Å². The number of ether oxygens (including phenoxy) is 1. The summed E-state index contributed by atoms with van der Waals surface area (Å²) in [7, 11) is 0. The number of amides is 1. The van der Waals surface area contributed by atoms with Gasteiger partial charge in [0.2, 0.25) is 0 Å². The number of nitrogens with one attached hydrogen (secondary N) is 1. The Hall–Kier alpha value is -2.35. The molecule has 2 aromatic carbocycles. The molecule has 3 rings (SSSR count). The number of nitrogens with zero attached hydrogens (tertiary/aromatic N) is 1. The molecule has 0 unspecified atom stereocenters. The van der Waals surface area contributed by atoms with Crippen LogP contribution in [0.4, 0.5) is 0 Å². The van der Waals surface area contributed by atoms with E-state index in [9.17, 15) is 4.79 Å². The van der Waals surface area contributed by atoms with Crippen LogP contribution in [-0.4, -0.2) is 50.2 Å². The summed E-state index contributed by atoms with van der Waals surface area (Å²) in [6.45, 7) is 4.51. The van der Waals surface area contributed by atoms with Crippen molar-refractivity contribution in [2.45, 2.75) is 0 Å². The molecular formula is C19H20N2O2. The Kier molecular flexibility index (Phi) is 5.25. The monoisotopic (exact) mass is 308 g/mol. The van der Waals surface area contributed by atoms with Crippen LogP contribution in [-0.2, 0) is 4.74 Å². The minimum Gasteiger partial charge on any atom is -0.379 e. The molecule has 0 aliphatic carbocycles. The van der Waals surface area contributed by atoms with Gasteiger partial charge >= 0.3 is 0 Å². The van der Waals surface area contributed by atoms with Gasteiger partial charge in [-0.15, -0.1) is 0 Å². The lowest BCUT2D eigenvalue weighted by molar-refractivity contribution is 0.0443. The fraction of sp³-hybridized carbons (Fsp3) is 0.316. The summed E-state index contributed by atoms with van der Waals surface area (Å²) in [5.41, 5.74) is 0.693. The maximum absolute atomic E-state index is 12.3. The van der Waals surface area contributed by atoms with E-state index in [4.69, 9.17) is 4.74 Å². The Morgan fingerprint density at radius 2 is 1.87 bits per heavy atom. The molecule has 2 aromatic rings. The first-order valence-electron chi connectivity index (χ1n) is 7.86. The maximum Gasteiger partial charge on any atom is 0.252 e. The van der Waals surface area contributed by atoms with Crippen LogP contribution in [0, 0.1) is 11.8 Å². The standard InChI is InChI=1S/C19H20N2O2/c22-19(18-9-5-7-16-6-1-2-8-17(16)18)20-10-3-4-11-21-12-14-23-15-13-21/h1-2,5-9H,10-15H2,(H,20,22). The number of hydrogen-bond acceptors (Lipinski definition) is 3. The van der Waals surface area contributed by atoms with E-state index in [2.05, 4.69) is 22.1 Å². The van der Waals surface area contributed by atoms with Crippen molar-refractivity contribution in [3.05, 3.63) is 48.0 Å². The first-order valence-corrected chi connectivity index (χ1v) is 7.86. The van der Waals surface area contributed by atoms with E-state index in [-0.39, 0.29) is 5.91 Å². The lowest BCUT2D eigenvalue weighted by Crippen LogP contribution is -2.36. The molecule has 0 spiro atoms. The molecule has 118 valence electrons. The lowest BCUT2D eigenvalue weighted by atomic mass is 10.0. The zero-order valence-electron chi connectivity index (χ0n) is 13.0. The summed E-state index contributed by atoms with van der Waals surface area (Å²) in [5, 5.41) is 4.91. The molecule has 0 aromatic heterocycles. The molecular weight excluding hydrogens is 288 g/mol. The summed E-state index contributed by atoms with van der Waals surface area (Å²) in [6.07, 6.45) is 0. The molecule has 0 saturated carbocycles. The molecule has 4 heteroatoms. The van der Waals surface area contributed by atoms with Crippen molar-refractivity contribution >= 4 is 16.7 Å². The second kappa shape index (κ2) is 7.77. The summed E-state index contributed by atoms with van der Waals surface area (Å²) in [5.74, 6) is 6.04. The van der Waals surface area contributed by atoms with E-state index in [0.717, 1.165) is 43.6 Å². The van der Waals surface area contributed by atoms with E-state index in [1.165, 1.54) is 0 Å². The van der Waals surface area contributed by atoms with Crippen molar-refractivity contribution < 1.29 is 9.53 Å². The van der Waals surface area contributed by atoms with Crippen LogP contribution >= 0.6 is 0 Å². The van der Waals surface area contributed by atoms with E-state index < -0.39 is 0 Å². The van der Waals surface area contributed by atoms with Gasteiger partial charge in [0.15, 0.2) is 0 Å². The van der Waals surface area contributed by atoms with Crippen molar-refractivity contribution in [1.82, 2.24) is 10.2 Å². The van der Waals surface area contributed by atoms with Crippen molar-refractivity contribution in [3.63, 3.8) is 0 Å². The molecule has 1 amide bonds. The van der Waals surface area contributed by atoms with Gasteiger partial charge in [0, 0.05) is 18.7 Å². The van der Waals surface area contributed by atoms with Crippen molar-refractivity contribution in [2.24, 2.45) is 0 Å². The normalized spacial score (nSPS) is 15.0. The zero-order chi connectivity index (χ0) is 15.9. The predicted molar refractivity (Wildman–Crippen MR) is 91.3 cm³/mol. The molecule has 0 radical (unpaired) electrons. The number of hydrogen-bond donors (Lipinski definition) is 1. The molecule has 0 bridgehead atoms. The Labute approximate surface area is 136 Å². The largest absolute Gasteiger partial charge is 0.379 e. The smallest absolute Gasteiger partial charge is 0.252 e. The number of fused-ring (bicyclic) bond motifs is 1. The van der Waals surface area contributed by atoms with Crippen LogP contribution in [0.15, 0.2) is 42.5 Å². The highest BCUT2D eigenvalue weighted by atomic mass is 16.5. The number of morpholine rings is 1. The third kappa shape index (κ3) is 4.10.